The fraction of sp³-hybridized carbons (Fsp3) is 0.333. The minimum Gasteiger partial charge on any atom is -0.340 e. The third-order valence-corrected chi connectivity index (χ3v) is 6.14. The molecule has 3 aromatic rings. The largest absolute Gasteiger partial charge is 0.340 e. The molecule has 0 aromatic carbocycles. The van der Waals surface area contributed by atoms with Crippen LogP contribution in [0.15, 0.2) is 36.0 Å². The second-order valence-electron chi connectivity index (χ2n) is 6.27. The number of aryl methyl sites for hydroxylation is 1. The van der Waals surface area contributed by atoms with Crippen LogP contribution in [-0.4, -0.2) is 33.9 Å². The molecule has 1 aliphatic heterocycles. The van der Waals surface area contributed by atoms with Crippen LogP contribution in [0.3, 0.4) is 0 Å². The van der Waals surface area contributed by atoms with E-state index in [1.807, 2.05) is 5.38 Å². The van der Waals surface area contributed by atoms with E-state index in [1.165, 1.54) is 16.2 Å². The van der Waals surface area contributed by atoms with Gasteiger partial charge in [0.05, 0.1) is 16.5 Å². The normalized spacial score (nSPS) is 17.3. The Hall–Kier alpha value is -2.32. The van der Waals surface area contributed by atoms with Gasteiger partial charge in [0, 0.05) is 35.7 Å². The number of hydrogen-bond donors (Lipinski definition) is 1. The highest BCUT2D eigenvalue weighted by Crippen LogP contribution is 2.31. The van der Waals surface area contributed by atoms with Crippen LogP contribution >= 0.6 is 22.7 Å². The van der Waals surface area contributed by atoms with Gasteiger partial charge in [0.2, 0.25) is 11.9 Å². The Balaban J connectivity index is 1.41. The maximum absolute atomic E-state index is 12.7. The van der Waals surface area contributed by atoms with Gasteiger partial charge in [-0.15, -0.1) is 22.7 Å². The fourth-order valence-electron chi connectivity index (χ4n) is 3.05. The first-order chi connectivity index (χ1) is 12.7. The molecule has 1 N–H and O–H groups in total. The number of hydrogen-bond acceptors (Lipinski definition) is 7. The molecule has 0 unspecified atom stereocenters. The van der Waals surface area contributed by atoms with Gasteiger partial charge in [-0.1, -0.05) is 0 Å². The SMILES string of the molecule is Cc1ccc(-c2csc(NC(=O)[C@H]3CCCN(c4ncccn4)C3)n2)s1. The molecule has 26 heavy (non-hydrogen) atoms. The molecule has 4 heterocycles. The first kappa shape index (κ1) is 17.1. The van der Waals surface area contributed by atoms with E-state index >= 15 is 0 Å². The number of thiophene rings is 1. The van der Waals surface area contributed by atoms with Crippen LogP contribution in [0.25, 0.3) is 10.6 Å². The third-order valence-electron chi connectivity index (χ3n) is 4.35. The van der Waals surface area contributed by atoms with Crippen molar-refractivity contribution in [2.75, 3.05) is 23.3 Å². The monoisotopic (exact) mass is 385 g/mol. The zero-order valence-electron chi connectivity index (χ0n) is 14.4. The van der Waals surface area contributed by atoms with Crippen molar-refractivity contribution in [1.82, 2.24) is 15.0 Å². The summed E-state index contributed by atoms with van der Waals surface area (Å²) in [5.41, 5.74) is 0.923. The molecule has 1 atom stereocenters. The van der Waals surface area contributed by atoms with Crippen molar-refractivity contribution in [1.29, 1.82) is 0 Å². The van der Waals surface area contributed by atoms with E-state index in [2.05, 4.69) is 44.2 Å². The lowest BCUT2D eigenvalue weighted by Crippen LogP contribution is -2.41. The lowest BCUT2D eigenvalue weighted by atomic mass is 9.97. The lowest BCUT2D eigenvalue weighted by Gasteiger charge is -2.31. The molecule has 0 spiro atoms. The molecule has 0 radical (unpaired) electrons. The van der Waals surface area contributed by atoms with Crippen LogP contribution < -0.4 is 10.2 Å². The third kappa shape index (κ3) is 3.76. The zero-order chi connectivity index (χ0) is 17.9. The summed E-state index contributed by atoms with van der Waals surface area (Å²) in [4.78, 5) is 30.3. The van der Waals surface area contributed by atoms with E-state index in [9.17, 15) is 4.79 Å². The average Bonchev–Trinajstić information content (AvgIpc) is 3.31. The molecule has 0 saturated carbocycles. The first-order valence-corrected chi connectivity index (χ1v) is 10.2. The summed E-state index contributed by atoms with van der Waals surface area (Å²) in [6.07, 6.45) is 5.29. The predicted molar refractivity (Wildman–Crippen MR) is 106 cm³/mol. The molecule has 3 aromatic heterocycles. The van der Waals surface area contributed by atoms with Gasteiger partial charge in [0.15, 0.2) is 5.13 Å². The van der Waals surface area contributed by atoms with Gasteiger partial charge >= 0.3 is 0 Å². The summed E-state index contributed by atoms with van der Waals surface area (Å²) in [7, 11) is 0. The minimum atomic E-state index is -0.0797. The lowest BCUT2D eigenvalue weighted by molar-refractivity contribution is -0.120. The number of amides is 1. The zero-order valence-corrected chi connectivity index (χ0v) is 16.0. The number of thiazole rings is 1. The van der Waals surface area contributed by atoms with Crippen molar-refractivity contribution in [3.63, 3.8) is 0 Å². The highest BCUT2D eigenvalue weighted by molar-refractivity contribution is 7.17. The number of carbonyl (C=O) groups excluding carboxylic acids is 1. The number of rotatable bonds is 4. The highest BCUT2D eigenvalue weighted by Gasteiger charge is 2.27. The Morgan fingerprint density at radius 1 is 1.31 bits per heavy atom. The summed E-state index contributed by atoms with van der Waals surface area (Å²) in [6.45, 7) is 3.60. The van der Waals surface area contributed by atoms with Crippen LogP contribution in [0, 0.1) is 12.8 Å². The van der Waals surface area contributed by atoms with Gasteiger partial charge in [-0.25, -0.2) is 15.0 Å². The van der Waals surface area contributed by atoms with Crippen LogP contribution in [0.5, 0.6) is 0 Å². The van der Waals surface area contributed by atoms with E-state index in [-0.39, 0.29) is 11.8 Å². The standard InChI is InChI=1S/C18H19N5OS2/c1-12-5-6-15(26-12)14-11-25-18(21-14)22-16(24)13-4-2-9-23(10-13)17-19-7-3-8-20-17/h3,5-8,11,13H,2,4,9-10H2,1H3,(H,21,22,24)/t13-/m0/s1. The summed E-state index contributed by atoms with van der Waals surface area (Å²) in [6, 6.07) is 5.95. The van der Waals surface area contributed by atoms with Crippen LogP contribution in [0.1, 0.15) is 17.7 Å². The molecular weight excluding hydrogens is 366 g/mol. The smallest absolute Gasteiger partial charge is 0.231 e. The first-order valence-electron chi connectivity index (χ1n) is 8.54. The van der Waals surface area contributed by atoms with Crippen LogP contribution in [-0.2, 0) is 4.79 Å². The topological polar surface area (TPSA) is 71.0 Å². The minimum absolute atomic E-state index is 0.0221. The molecule has 134 valence electrons. The average molecular weight is 386 g/mol. The molecule has 0 aliphatic carbocycles. The van der Waals surface area contributed by atoms with Gasteiger partial charge in [-0.05, 0) is 38.0 Å². The highest BCUT2D eigenvalue weighted by atomic mass is 32.1. The summed E-state index contributed by atoms with van der Waals surface area (Å²) >= 11 is 3.18. The number of piperidine rings is 1. The maximum atomic E-state index is 12.7. The van der Waals surface area contributed by atoms with Crippen LogP contribution in [0.4, 0.5) is 11.1 Å². The number of anilines is 2. The molecule has 1 saturated heterocycles. The molecule has 1 aliphatic rings. The van der Waals surface area contributed by atoms with Gasteiger partial charge in [0.1, 0.15) is 0 Å². The van der Waals surface area contributed by atoms with E-state index in [0.29, 0.717) is 17.6 Å². The Morgan fingerprint density at radius 3 is 2.92 bits per heavy atom. The molecule has 1 fully saturated rings. The van der Waals surface area contributed by atoms with Crippen molar-refractivity contribution in [2.45, 2.75) is 19.8 Å². The van der Waals surface area contributed by atoms with E-state index in [1.54, 1.807) is 29.8 Å². The number of carbonyl (C=O) groups is 1. The maximum Gasteiger partial charge on any atom is 0.231 e. The number of aromatic nitrogens is 3. The summed E-state index contributed by atoms with van der Waals surface area (Å²) in [5.74, 6) is 0.632. The molecule has 0 bridgehead atoms. The van der Waals surface area contributed by atoms with Gasteiger partial charge < -0.3 is 10.2 Å². The van der Waals surface area contributed by atoms with E-state index in [0.717, 1.165) is 30.0 Å². The Kier molecular flexibility index (Phi) is 4.94. The van der Waals surface area contributed by atoms with Crippen molar-refractivity contribution >= 4 is 39.7 Å². The Labute approximate surface area is 160 Å². The fourth-order valence-corrected chi connectivity index (χ4v) is 4.67. The second kappa shape index (κ2) is 7.51. The Bertz CT molecular complexity index is 892. The predicted octanol–water partition coefficient (Wildman–Crippen LogP) is 3.83. The van der Waals surface area contributed by atoms with E-state index < -0.39 is 0 Å². The van der Waals surface area contributed by atoms with E-state index in [4.69, 9.17) is 0 Å². The molecular formula is C18H19N5OS2. The quantitative estimate of drug-likeness (QED) is 0.739. The van der Waals surface area contributed by atoms with Gasteiger partial charge in [0.25, 0.3) is 0 Å². The Morgan fingerprint density at radius 2 is 2.15 bits per heavy atom. The summed E-state index contributed by atoms with van der Waals surface area (Å²) < 4.78 is 0. The van der Waals surface area contributed by atoms with Crippen molar-refractivity contribution in [3.8, 4) is 10.6 Å². The van der Waals surface area contributed by atoms with Gasteiger partial charge in [-0.2, -0.15) is 0 Å². The van der Waals surface area contributed by atoms with Crippen molar-refractivity contribution < 1.29 is 4.79 Å². The molecule has 4 rings (SSSR count). The van der Waals surface area contributed by atoms with Gasteiger partial charge in [-0.3, -0.25) is 4.79 Å². The van der Waals surface area contributed by atoms with Crippen molar-refractivity contribution in [3.05, 3.63) is 40.8 Å². The number of nitrogens with zero attached hydrogens (tertiary/aromatic N) is 4. The molecule has 1 amide bonds. The van der Waals surface area contributed by atoms with Crippen molar-refractivity contribution in [2.24, 2.45) is 5.92 Å². The second-order valence-corrected chi connectivity index (χ2v) is 8.42. The molecule has 8 heteroatoms. The number of nitrogens with one attached hydrogen (secondary N) is 1. The molecule has 6 nitrogen and oxygen atoms in total. The van der Waals surface area contributed by atoms with Crippen LogP contribution in [0.2, 0.25) is 0 Å². The summed E-state index contributed by atoms with van der Waals surface area (Å²) in [5, 5.41) is 5.63.